The minimum atomic E-state index is -0.435. The lowest BCUT2D eigenvalue weighted by Crippen LogP contribution is -2.32. The van der Waals surface area contributed by atoms with Crippen LogP contribution in [0.1, 0.15) is 31.7 Å². The van der Waals surface area contributed by atoms with Crippen molar-refractivity contribution in [2.24, 2.45) is 0 Å². The fourth-order valence-corrected chi connectivity index (χ4v) is 1.81. The molecule has 0 radical (unpaired) electrons. The molecule has 0 fully saturated rings. The summed E-state index contributed by atoms with van der Waals surface area (Å²) in [7, 11) is 1.63. The lowest BCUT2D eigenvalue weighted by Gasteiger charge is -2.10. The lowest BCUT2D eigenvalue weighted by atomic mass is 10.1. The highest BCUT2D eigenvalue weighted by Gasteiger charge is 2.06. The molecule has 0 aliphatic heterocycles. The number of methoxy groups -OCH3 is 1. The summed E-state index contributed by atoms with van der Waals surface area (Å²) in [5.74, 6) is 0.793. The summed E-state index contributed by atoms with van der Waals surface area (Å²) in [6.07, 6.45) is 2.34. The number of benzene rings is 1. The average Bonchev–Trinajstić information content (AvgIpc) is 2.44. The van der Waals surface area contributed by atoms with Crippen molar-refractivity contribution in [3.63, 3.8) is 0 Å². The van der Waals surface area contributed by atoms with E-state index < -0.39 is 6.10 Å². The molecule has 1 unspecified atom stereocenters. The predicted octanol–water partition coefficient (Wildman–Crippen LogP) is 1.91. The molecule has 0 bridgehead atoms. The summed E-state index contributed by atoms with van der Waals surface area (Å²) in [4.78, 5) is 11.6. The van der Waals surface area contributed by atoms with Crippen LogP contribution < -0.4 is 10.1 Å². The van der Waals surface area contributed by atoms with Crippen LogP contribution in [0.4, 0.5) is 0 Å². The maximum absolute atomic E-state index is 11.6. The van der Waals surface area contributed by atoms with Gasteiger partial charge < -0.3 is 15.2 Å². The van der Waals surface area contributed by atoms with Gasteiger partial charge in [0.15, 0.2) is 0 Å². The zero-order valence-corrected chi connectivity index (χ0v) is 11.7. The van der Waals surface area contributed by atoms with E-state index in [0.29, 0.717) is 19.4 Å². The number of carbonyl (C=O) groups excluding carboxylic acids is 1. The molecule has 0 aliphatic carbocycles. The van der Waals surface area contributed by atoms with Gasteiger partial charge in [0.25, 0.3) is 0 Å². The Labute approximate surface area is 114 Å². The Balaban J connectivity index is 2.25. The highest BCUT2D eigenvalue weighted by atomic mass is 16.5. The van der Waals surface area contributed by atoms with Gasteiger partial charge in [-0.05, 0) is 30.5 Å². The van der Waals surface area contributed by atoms with Crippen LogP contribution in [-0.2, 0) is 11.2 Å². The monoisotopic (exact) mass is 265 g/mol. The minimum Gasteiger partial charge on any atom is -0.497 e. The van der Waals surface area contributed by atoms with Crippen LogP contribution in [0.2, 0.25) is 0 Å². The fourth-order valence-electron chi connectivity index (χ4n) is 1.81. The van der Waals surface area contributed by atoms with Gasteiger partial charge in [-0.15, -0.1) is 0 Å². The molecule has 0 saturated carbocycles. The number of carbonyl (C=O) groups is 1. The van der Waals surface area contributed by atoms with Crippen molar-refractivity contribution in [1.82, 2.24) is 5.32 Å². The van der Waals surface area contributed by atoms with Crippen molar-refractivity contribution in [3.8, 4) is 5.75 Å². The van der Waals surface area contributed by atoms with Crippen molar-refractivity contribution in [2.75, 3.05) is 13.7 Å². The zero-order valence-electron chi connectivity index (χ0n) is 11.7. The van der Waals surface area contributed by atoms with E-state index in [1.807, 2.05) is 31.2 Å². The van der Waals surface area contributed by atoms with Gasteiger partial charge in [-0.3, -0.25) is 4.79 Å². The van der Waals surface area contributed by atoms with Crippen LogP contribution >= 0.6 is 0 Å². The maximum atomic E-state index is 11.6. The Morgan fingerprint density at radius 3 is 2.63 bits per heavy atom. The molecule has 0 spiro atoms. The molecule has 106 valence electrons. The van der Waals surface area contributed by atoms with E-state index in [-0.39, 0.29) is 5.91 Å². The third-order valence-electron chi connectivity index (χ3n) is 2.96. The van der Waals surface area contributed by atoms with Gasteiger partial charge in [-0.1, -0.05) is 25.5 Å². The average molecular weight is 265 g/mol. The standard InChI is InChI=1S/C15H23NO3/c1-3-4-13(17)11-16-15(18)10-7-12-5-8-14(19-2)9-6-12/h5-6,8-9,13,17H,3-4,7,10-11H2,1-2H3,(H,16,18). The van der Waals surface area contributed by atoms with E-state index in [9.17, 15) is 9.90 Å². The van der Waals surface area contributed by atoms with E-state index in [4.69, 9.17) is 4.74 Å². The molecule has 1 aromatic rings. The molecule has 0 heterocycles. The van der Waals surface area contributed by atoms with Crippen LogP contribution in [-0.4, -0.2) is 30.8 Å². The van der Waals surface area contributed by atoms with Gasteiger partial charge in [0.05, 0.1) is 13.2 Å². The van der Waals surface area contributed by atoms with Gasteiger partial charge in [0.1, 0.15) is 5.75 Å². The number of amides is 1. The molecule has 0 aromatic heterocycles. The second kappa shape index (κ2) is 8.53. The van der Waals surface area contributed by atoms with E-state index in [1.165, 1.54) is 0 Å². The van der Waals surface area contributed by atoms with Gasteiger partial charge in [0.2, 0.25) is 5.91 Å². The summed E-state index contributed by atoms with van der Waals surface area (Å²) in [5.41, 5.74) is 1.10. The van der Waals surface area contributed by atoms with E-state index in [2.05, 4.69) is 5.32 Å². The second-order valence-corrected chi connectivity index (χ2v) is 4.59. The lowest BCUT2D eigenvalue weighted by molar-refractivity contribution is -0.121. The van der Waals surface area contributed by atoms with Gasteiger partial charge in [0, 0.05) is 13.0 Å². The van der Waals surface area contributed by atoms with Crippen LogP contribution in [0, 0.1) is 0 Å². The minimum absolute atomic E-state index is 0.0222. The first kappa shape index (κ1) is 15.5. The molecular weight excluding hydrogens is 242 g/mol. The summed E-state index contributed by atoms with van der Waals surface area (Å²) in [6.45, 7) is 2.35. The highest BCUT2D eigenvalue weighted by molar-refractivity contribution is 5.76. The topological polar surface area (TPSA) is 58.6 Å². The molecule has 1 aromatic carbocycles. The van der Waals surface area contributed by atoms with Crippen LogP contribution in [0.15, 0.2) is 24.3 Å². The number of hydrogen-bond acceptors (Lipinski definition) is 3. The molecule has 1 amide bonds. The Bertz CT molecular complexity index is 375. The highest BCUT2D eigenvalue weighted by Crippen LogP contribution is 2.12. The third kappa shape index (κ3) is 6.25. The van der Waals surface area contributed by atoms with Crippen molar-refractivity contribution >= 4 is 5.91 Å². The molecule has 4 nitrogen and oxygen atoms in total. The first-order valence-electron chi connectivity index (χ1n) is 6.73. The first-order valence-corrected chi connectivity index (χ1v) is 6.73. The Morgan fingerprint density at radius 2 is 2.05 bits per heavy atom. The molecule has 2 N–H and O–H groups in total. The van der Waals surface area contributed by atoms with E-state index >= 15 is 0 Å². The molecule has 0 aliphatic rings. The molecular formula is C15H23NO3. The van der Waals surface area contributed by atoms with Gasteiger partial charge in [-0.25, -0.2) is 0 Å². The molecule has 0 saturated heterocycles. The molecule has 4 heteroatoms. The number of nitrogens with one attached hydrogen (secondary N) is 1. The van der Waals surface area contributed by atoms with E-state index in [0.717, 1.165) is 24.2 Å². The third-order valence-corrected chi connectivity index (χ3v) is 2.96. The van der Waals surface area contributed by atoms with Crippen LogP contribution in [0.25, 0.3) is 0 Å². The smallest absolute Gasteiger partial charge is 0.220 e. The van der Waals surface area contributed by atoms with Gasteiger partial charge in [-0.2, -0.15) is 0 Å². The number of hydrogen-bond donors (Lipinski definition) is 2. The number of aryl methyl sites for hydroxylation is 1. The van der Waals surface area contributed by atoms with Crippen molar-refractivity contribution < 1.29 is 14.6 Å². The second-order valence-electron chi connectivity index (χ2n) is 4.59. The summed E-state index contributed by atoms with van der Waals surface area (Å²) in [6, 6.07) is 7.69. The maximum Gasteiger partial charge on any atom is 0.220 e. The van der Waals surface area contributed by atoms with Crippen LogP contribution in [0.5, 0.6) is 5.75 Å². The van der Waals surface area contributed by atoms with E-state index in [1.54, 1.807) is 7.11 Å². The van der Waals surface area contributed by atoms with Crippen LogP contribution in [0.3, 0.4) is 0 Å². The Hall–Kier alpha value is -1.55. The summed E-state index contributed by atoms with van der Waals surface area (Å²) in [5, 5.41) is 12.3. The Morgan fingerprint density at radius 1 is 1.37 bits per heavy atom. The number of aliphatic hydroxyl groups is 1. The Kier molecular flexibility index (Phi) is 6.97. The number of rotatable bonds is 8. The van der Waals surface area contributed by atoms with Crippen molar-refractivity contribution in [3.05, 3.63) is 29.8 Å². The molecule has 1 rings (SSSR count). The fraction of sp³-hybridized carbons (Fsp3) is 0.533. The quantitative estimate of drug-likeness (QED) is 0.755. The predicted molar refractivity (Wildman–Crippen MR) is 75.2 cm³/mol. The first-order chi connectivity index (χ1) is 9.15. The largest absolute Gasteiger partial charge is 0.497 e. The molecule has 1 atom stereocenters. The summed E-state index contributed by atoms with van der Waals surface area (Å²) < 4.78 is 5.08. The SMILES string of the molecule is CCCC(O)CNC(=O)CCc1ccc(OC)cc1. The molecule has 19 heavy (non-hydrogen) atoms. The number of ether oxygens (including phenoxy) is 1. The van der Waals surface area contributed by atoms with Crippen molar-refractivity contribution in [1.29, 1.82) is 0 Å². The van der Waals surface area contributed by atoms with Crippen molar-refractivity contribution in [2.45, 2.75) is 38.7 Å². The van der Waals surface area contributed by atoms with Gasteiger partial charge >= 0.3 is 0 Å². The zero-order chi connectivity index (χ0) is 14.1. The summed E-state index contributed by atoms with van der Waals surface area (Å²) >= 11 is 0. The normalized spacial score (nSPS) is 11.9. The number of aliphatic hydroxyl groups excluding tert-OH is 1.